The topological polar surface area (TPSA) is 32.7 Å². The van der Waals surface area contributed by atoms with Crippen LogP contribution in [0, 0.1) is 0 Å². The molecule has 3 heteroatoms. The molecule has 2 aromatic rings. The molecule has 0 aliphatic carbocycles. The molecule has 0 saturated heterocycles. The molecule has 2 rings (SSSR count). The number of hydrogen-bond acceptors (Lipinski definition) is 3. The van der Waals surface area contributed by atoms with Crippen LogP contribution >= 0.6 is 0 Å². The van der Waals surface area contributed by atoms with Gasteiger partial charge in [0.25, 0.3) is 0 Å². The fourth-order valence-corrected chi connectivity index (χ4v) is 3.29. The number of aliphatic hydroxyl groups is 1. The zero-order valence-electron chi connectivity index (χ0n) is 16.9. The van der Waals surface area contributed by atoms with Crippen LogP contribution in [0.25, 0.3) is 0 Å². The molecule has 0 spiro atoms. The van der Waals surface area contributed by atoms with Crippen LogP contribution in [0.4, 0.5) is 0 Å². The van der Waals surface area contributed by atoms with E-state index in [1.807, 2.05) is 48.5 Å². The lowest BCUT2D eigenvalue weighted by molar-refractivity contribution is 0.0528. The highest BCUT2D eigenvalue weighted by Crippen LogP contribution is 2.21. The van der Waals surface area contributed by atoms with Crippen molar-refractivity contribution in [1.82, 2.24) is 4.90 Å². The quantitative estimate of drug-likeness (QED) is 0.492. The molecule has 0 unspecified atom stereocenters. The number of benzene rings is 2. The van der Waals surface area contributed by atoms with Crippen molar-refractivity contribution < 1.29 is 9.84 Å². The van der Waals surface area contributed by atoms with Crippen LogP contribution in [0.2, 0.25) is 0 Å². The lowest BCUT2D eigenvalue weighted by atomic mass is 10.0. The highest BCUT2D eigenvalue weighted by molar-refractivity contribution is 5.18. The largest absolute Gasteiger partial charge is 0.387 e. The third-order valence-corrected chi connectivity index (χ3v) is 5.07. The average molecular weight is 370 g/mol. The van der Waals surface area contributed by atoms with E-state index in [4.69, 9.17) is 4.74 Å². The van der Waals surface area contributed by atoms with Crippen LogP contribution in [0.15, 0.2) is 60.7 Å². The summed E-state index contributed by atoms with van der Waals surface area (Å²) in [5.74, 6) is 0. The number of ether oxygens (including phenoxy) is 1. The second-order valence-corrected chi connectivity index (χ2v) is 7.23. The van der Waals surface area contributed by atoms with E-state index in [0.29, 0.717) is 6.61 Å². The summed E-state index contributed by atoms with van der Waals surface area (Å²) in [7, 11) is 0. The standard InChI is InChI=1S/C24H35NO2/c1-3-4-17-25(21(2)24(26)23-15-9-6-10-16-23)18-11-12-19-27-20-22-13-7-5-8-14-22/h5-10,13-16,21,24,26H,3-4,11-12,17-20H2,1-2H3/t21-,24-/m1/s1. The summed E-state index contributed by atoms with van der Waals surface area (Å²) in [4.78, 5) is 2.43. The summed E-state index contributed by atoms with van der Waals surface area (Å²) < 4.78 is 5.79. The predicted molar refractivity (Wildman–Crippen MR) is 113 cm³/mol. The Morgan fingerprint density at radius 2 is 1.52 bits per heavy atom. The van der Waals surface area contributed by atoms with E-state index >= 15 is 0 Å². The molecule has 27 heavy (non-hydrogen) atoms. The summed E-state index contributed by atoms with van der Waals surface area (Å²) in [5.41, 5.74) is 2.22. The maximum absolute atomic E-state index is 10.8. The van der Waals surface area contributed by atoms with E-state index in [1.54, 1.807) is 0 Å². The maximum atomic E-state index is 10.8. The third kappa shape index (κ3) is 7.84. The summed E-state index contributed by atoms with van der Waals surface area (Å²) in [6.45, 7) is 7.86. The smallest absolute Gasteiger partial charge is 0.0942 e. The number of aliphatic hydroxyl groups excluding tert-OH is 1. The van der Waals surface area contributed by atoms with Crippen molar-refractivity contribution >= 4 is 0 Å². The first kappa shape index (κ1) is 21.6. The van der Waals surface area contributed by atoms with E-state index in [2.05, 4.69) is 30.9 Å². The molecule has 0 saturated carbocycles. The third-order valence-electron chi connectivity index (χ3n) is 5.07. The zero-order chi connectivity index (χ0) is 19.3. The van der Waals surface area contributed by atoms with E-state index in [0.717, 1.165) is 44.5 Å². The van der Waals surface area contributed by atoms with Gasteiger partial charge in [-0.05, 0) is 50.4 Å². The minimum Gasteiger partial charge on any atom is -0.387 e. The first-order chi connectivity index (χ1) is 13.2. The highest BCUT2D eigenvalue weighted by atomic mass is 16.5. The molecule has 2 atom stereocenters. The fourth-order valence-electron chi connectivity index (χ4n) is 3.29. The Bertz CT molecular complexity index is 602. The van der Waals surface area contributed by atoms with Crippen molar-refractivity contribution in [3.63, 3.8) is 0 Å². The average Bonchev–Trinajstić information content (AvgIpc) is 2.73. The molecular weight excluding hydrogens is 334 g/mol. The number of nitrogens with zero attached hydrogens (tertiary/aromatic N) is 1. The molecule has 2 aromatic carbocycles. The van der Waals surface area contributed by atoms with Crippen LogP contribution in [0.5, 0.6) is 0 Å². The lowest BCUT2D eigenvalue weighted by Gasteiger charge is -2.32. The normalized spacial score (nSPS) is 13.6. The molecule has 0 radical (unpaired) electrons. The van der Waals surface area contributed by atoms with Gasteiger partial charge in [0.15, 0.2) is 0 Å². The second kappa shape index (κ2) is 12.7. The zero-order valence-corrected chi connectivity index (χ0v) is 16.9. The summed E-state index contributed by atoms with van der Waals surface area (Å²) in [6.07, 6.45) is 4.02. The van der Waals surface area contributed by atoms with E-state index in [-0.39, 0.29) is 6.04 Å². The Morgan fingerprint density at radius 3 is 2.19 bits per heavy atom. The van der Waals surface area contributed by atoms with Gasteiger partial charge in [0, 0.05) is 12.6 Å². The molecule has 0 bridgehead atoms. The summed E-state index contributed by atoms with van der Waals surface area (Å²) >= 11 is 0. The van der Waals surface area contributed by atoms with Gasteiger partial charge in [-0.3, -0.25) is 4.90 Å². The molecular formula is C24H35NO2. The second-order valence-electron chi connectivity index (χ2n) is 7.23. The molecule has 1 N–H and O–H groups in total. The van der Waals surface area contributed by atoms with Crippen molar-refractivity contribution in [1.29, 1.82) is 0 Å². The van der Waals surface area contributed by atoms with E-state index in [9.17, 15) is 5.11 Å². The Hall–Kier alpha value is -1.68. The van der Waals surface area contributed by atoms with Crippen molar-refractivity contribution in [3.8, 4) is 0 Å². The molecule has 3 nitrogen and oxygen atoms in total. The van der Waals surface area contributed by atoms with Gasteiger partial charge >= 0.3 is 0 Å². The number of unbranched alkanes of at least 4 members (excludes halogenated alkanes) is 2. The summed E-state index contributed by atoms with van der Waals surface area (Å²) in [5, 5.41) is 10.8. The molecule has 0 fully saturated rings. The highest BCUT2D eigenvalue weighted by Gasteiger charge is 2.22. The van der Waals surface area contributed by atoms with Crippen molar-refractivity contribution in [3.05, 3.63) is 71.8 Å². The molecule has 0 aliphatic rings. The first-order valence-corrected chi connectivity index (χ1v) is 10.3. The van der Waals surface area contributed by atoms with Gasteiger partial charge in [-0.25, -0.2) is 0 Å². The van der Waals surface area contributed by atoms with Gasteiger partial charge in [0.1, 0.15) is 0 Å². The monoisotopic (exact) mass is 369 g/mol. The molecule has 0 aromatic heterocycles. The molecule has 0 amide bonds. The number of rotatable bonds is 13. The molecule has 148 valence electrons. The van der Waals surface area contributed by atoms with Gasteiger partial charge in [0.05, 0.1) is 12.7 Å². The molecule has 0 heterocycles. The van der Waals surface area contributed by atoms with Crippen LogP contribution in [0.1, 0.15) is 56.8 Å². The van der Waals surface area contributed by atoms with Crippen LogP contribution < -0.4 is 0 Å². The summed E-state index contributed by atoms with van der Waals surface area (Å²) in [6, 6.07) is 20.4. The Balaban J connectivity index is 1.74. The van der Waals surface area contributed by atoms with Crippen LogP contribution in [-0.4, -0.2) is 35.7 Å². The molecule has 0 aliphatic heterocycles. The minimum atomic E-state index is -0.447. The van der Waals surface area contributed by atoms with Gasteiger partial charge in [0.2, 0.25) is 0 Å². The van der Waals surface area contributed by atoms with Crippen molar-refractivity contribution in [2.45, 2.75) is 58.3 Å². The SMILES string of the molecule is CCCCN(CCCCOCc1ccccc1)[C@H](C)[C@@H](O)c1ccccc1. The van der Waals surface area contributed by atoms with Gasteiger partial charge in [-0.1, -0.05) is 74.0 Å². The van der Waals surface area contributed by atoms with Crippen molar-refractivity contribution in [2.24, 2.45) is 0 Å². The van der Waals surface area contributed by atoms with Gasteiger partial charge < -0.3 is 9.84 Å². The Morgan fingerprint density at radius 1 is 0.889 bits per heavy atom. The fraction of sp³-hybridized carbons (Fsp3) is 0.500. The van der Waals surface area contributed by atoms with E-state index < -0.39 is 6.10 Å². The van der Waals surface area contributed by atoms with Gasteiger partial charge in [-0.15, -0.1) is 0 Å². The predicted octanol–water partition coefficient (Wildman–Crippen LogP) is 5.21. The van der Waals surface area contributed by atoms with E-state index in [1.165, 1.54) is 12.0 Å². The lowest BCUT2D eigenvalue weighted by Crippen LogP contribution is -2.39. The Kier molecular flexibility index (Phi) is 10.1. The first-order valence-electron chi connectivity index (χ1n) is 10.3. The van der Waals surface area contributed by atoms with Gasteiger partial charge in [-0.2, -0.15) is 0 Å². The minimum absolute atomic E-state index is 0.115. The van der Waals surface area contributed by atoms with Crippen LogP contribution in [-0.2, 0) is 11.3 Å². The number of hydrogen-bond donors (Lipinski definition) is 1. The maximum Gasteiger partial charge on any atom is 0.0942 e. The van der Waals surface area contributed by atoms with Crippen LogP contribution in [0.3, 0.4) is 0 Å². The van der Waals surface area contributed by atoms with Crippen molar-refractivity contribution in [2.75, 3.05) is 19.7 Å². The Labute approximate surface area is 165 Å².